The van der Waals surface area contributed by atoms with Gasteiger partial charge in [-0.25, -0.2) is 9.78 Å². The van der Waals surface area contributed by atoms with E-state index in [0.717, 1.165) is 17.0 Å². The van der Waals surface area contributed by atoms with Gasteiger partial charge in [0.25, 0.3) is 0 Å². The summed E-state index contributed by atoms with van der Waals surface area (Å²) in [6, 6.07) is 7.66. The average Bonchev–Trinajstić information content (AvgIpc) is 3.00. The van der Waals surface area contributed by atoms with E-state index in [-0.39, 0.29) is 5.69 Å². The first-order valence-electron chi connectivity index (χ1n) is 6.61. The summed E-state index contributed by atoms with van der Waals surface area (Å²) in [5, 5.41) is 9.10. The smallest absolute Gasteiger partial charge is 0.354 e. The SMILES string of the molecule is CCOc1ccccc1-c1cn2cc(C(=O)O)n(C)c2n1. The highest BCUT2D eigenvalue weighted by Gasteiger charge is 2.16. The van der Waals surface area contributed by atoms with Crippen LogP contribution in [0.1, 0.15) is 17.4 Å². The van der Waals surface area contributed by atoms with Gasteiger partial charge in [-0.05, 0) is 19.1 Å². The number of imidazole rings is 2. The van der Waals surface area contributed by atoms with E-state index >= 15 is 0 Å². The van der Waals surface area contributed by atoms with Gasteiger partial charge in [0, 0.05) is 25.0 Å². The topological polar surface area (TPSA) is 68.8 Å². The molecule has 0 saturated heterocycles. The van der Waals surface area contributed by atoms with Gasteiger partial charge >= 0.3 is 5.97 Å². The zero-order valence-electron chi connectivity index (χ0n) is 11.8. The second-order valence-corrected chi connectivity index (χ2v) is 4.64. The molecule has 0 saturated carbocycles. The molecule has 2 aromatic heterocycles. The van der Waals surface area contributed by atoms with Gasteiger partial charge in [0.2, 0.25) is 5.78 Å². The van der Waals surface area contributed by atoms with Crippen molar-refractivity contribution in [3.63, 3.8) is 0 Å². The van der Waals surface area contributed by atoms with Crippen LogP contribution in [0.2, 0.25) is 0 Å². The number of nitrogens with zero attached hydrogens (tertiary/aromatic N) is 3. The molecule has 0 aliphatic heterocycles. The molecule has 3 aromatic rings. The maximum Gasteiger partial charge on any atom is 0.354 e. The number of fused-ring (bicyclic) bond motifs is 1. The molecule has 21 heavy (non-hydrogen) atoms. The number of carboxylic acids is 1. The Bertz CT molecular complexity index is 817. The van der Waals surface area contributed by atoms with Crippen LogP contribution in [0.4, 0.5) is 0 Å². The molecular weight excluding hydrogens is 270 g/mol. The summed E-state index contributed by atoms with van der Waals surface area (Å²) in [5.41, 5.74) is 1.84. The van der Waals surface area contributed by atoms with Gasteiger partial charge < -0.3 is 14.4 Å². The lowest BCUT2D eigenvalue weighted by atomic mass is 10.1. The number of aromatic carboxylic acids is 1. The number of para-hydroxylation sites is 1. The summed E-state index contributed by atoms with van der Waals surface area (Å²) in [6.07, 6.45) is 3.36. The molecule has 1 aromatic carbocycles. The predicted molar refractivity (Wildman–Crippen MR) is 77.7 cm³/mol. The zero-order valence-corrected chi connectivity index (χ0v) is 11.8. The summed E-state index contributed by atoms with van der Waals surface area (Å²) in [6.45, 7) is 2.51. The maximum absolute atomic E-state index is 11.1. The van der Waals surface area contributed by atoms with Gasteiger partial charge in [0.05, 0.1) is 12.3 Å². The Kier molecular flexibility index (Phi) is 3.13. The van der Waals surface area contributed by atoms with Crippen LogP contribution in [-0.2, 0) is 7.05 Å². The van der Waals surface area contributed by atoms with Crippen molar-refractivity contribution in [1.29, 1.82) is 0 Å². The first kappa shape index (κ1) is 13.2. The number of carbonyl (C=O) groups is 1. The van der Waals surface area contributed by atoms with Gasteiger partial charge in [0.1, 0.15) is 11.4 Å². The number of ether oxygens (including phenoxy) is 1. The van der Waals surface area contributed by atoms with Crippen molar-refractivity contribution in [3.05, 3.63) is 42.4 Å². The molecule has 6 nitrogen and oxygen atoms in total. The molecule has 1 N–H and O–H groups in total. The fourth-order valence-electron chi connectivity index (χ4n) is 2.34. The van der Waals surface area contributed by atoms with Crippen molar-refractivity contribution in [3.8, 4) is 17.0 Å². The summed E-state index contributed by atoms with van der Waals surface area (Å²) in [5.74, 6) is 0.370. The van der Waals surface area contributed by atoms with Crippen LogP contribution in [0.15, 0.2) is 36.7 Å². The first-order valence-corrected chi connectivity index (χ1v) is 6.61. The molecule has 3 rings (SSSR count). The average molecular weight is 285 g/mol. The molecule has 0 radical (unpaired) electrons. The third-order valence-corrected chi connectivity index (χ3v) is 3.32. The Balaban J connectivity index is 2.12. The lowest BCUT2D eigenvalue weighted by molar-refractivity contribution is 0.0686. The summed E-state index contributed by atoms with van der Waals surface area (Å²) in [7, 11) is 1.68. The Morgan fingerprint density at radius 2 is 2.10 bits per heavy atom. The number of hydrogen-bond acceptors (Lipinski definition) is 3. The van der Waals surface area contributed by atoms with Crippen molar-refractivity contribution in [2.75, 3.05) is 6.61 Å². The lowest BCUT2D eigenvalue weighted by Crippen LogP contribution is -2.04. The largest absolute Gasteiger partial charge is 0.493 e. The first-order chi connectivity index (χ1) is 10.1. The van der Waals surface area contributed by atoms with E-state index in [1.165, 1.54) is 0 Å². The Morgan fingerprint density at radius 1 is 1.33 bits per heavy atom. The zero-order chi connectivity index (χ0) is 15.0. The van der Waals surface area contributed by atoms with Crippen LogP contribution in [0.5, 0.6) is 5.75 Å². The van der Waals surface area contributed by atoms with E-state index in [9.17, 15) is 4.79 Å². The third kappa shape index (κ3) is 2.14. The summed E-state index contributed by atoms with van der Waals surface area (Å²) >= 11 is 0. The number of rotatable bonds is 4. The minimum Gasteiger partial charge on any atom is -0.493 e. The second kappa shape index (κ2) is 4.97. The van der Waals surface area contributed by atoms with Crippen LogP contribution in [0, 0.1) is 0 Å². The Hall–Kier alpha value is -2.76. The molecule has 0 fully saturated rings. The number of benzene rings is 1. The number of aryl methyl sites for hydroxylation is 1. The molecule has 0 aliphatic carbocycles. The highest BCUT2D eigenvalue weighted by atomic mass is 16.5. The number of hydrogen-bond donors (Lipinski definition) is 1. The molecule has 0 amide bonds. The van der Waals surface area contributed by atoms with E-state index in [2.05, 4.69) is 4.98 Å². The summed E-state index contributed by atoms with van der Waals surface area (Å²) in [4.78, 5) is 15.6. The van der Waals surface area contributed by atoms with E-state index in [0.29, 0.717) is 12.4 Å². The molecule has 0 bridgehead atoms. The minimum absolute atomic E-state index is 0.196. The fourth-order valence-corrected chi connectivity index (χ4v) is 2.34. The maximum atomic E-state index is 11.1. The Labute approximate surface area is 121 Å². The molecule has 0 spiro atoms. The predicted octanol–water partition coefficient (Wildman–Crippen LogP) is 2.44. The van der Waals surface area contributed by atoms with Crippen LogP contribution >= 0.6 is 0 Å². The van der Waals surface area contributed by atoms with Crippen molar-refractivity contribution >= 4 is 11.7 Å². The normalized spacial score (nSPS) is 11.0. The van der Waals surface area contributed by atoms with E-state index in [4.69, 9.17) is 9.84 Å². The van der Waals surface area contributed by atoms with Crippen LogP contribution in [0.25, 0.3) is 17.0 Å². The molecule has 6 heteroatoms. The van der Waals surface area contributed by atoms with E-state index < -0.39 is 5.97 Å². The van der Waals surface area contributed by atoms with Gasteiger partial charge in [-0.3, -0.25) is 4.40 Å². The van der Waals surface area contributed by atoms with E-state index in [1.807, 2.05) is 31.2 Å². The molecule has 0 unspecified atom stereocenters. The highest BCUT2D eigenvalue weighted by molar-refractivity contribution is 5.86. The van der Waals surface area contributed by atoms with Gasteiger partial charge in [0.15, 0.2) is 0 Å². The van der Waals surface area contributed by atoms with Crippen molar-refractivity contribution in [1.82, 2.24) is 14.0 Å². The van der Waals surface area contributed by atoms with Crippen LogP contribution in [0.3, 0.4) is 0 Å². The molecule has 2 heterocycles. The fraction of sp³-hybridized carbons (Fsp3) is 0.200. The van der Waals surface area contributed by atoms with Crippen molar-refractivity contribution < 1.29 is 14.6 Å². The molecule has 0 aliphatic rings. The molecular formula is C15H15N3O3. The van der Waals surface area contributed by atoms with Crippen LogP contribution < -0.4 is 4.74 Å². The highest BCUT2D eigenvalue weighted by Crippen LogP contribution is 2.29. The second-order valence-electron chi connectivity index (χ2n) is 4.64. The molecule has 108 valence electrons. The quantitative estimate of drug-likeness (QED) is 0.799. The third-order valence-electron chi connectivity index (χ3n) is 3.32. The summed E-state index contributed by atoms with van der Waals surface area (Å²) < 4.78 is 8.87. The minimum atomic E-state index is -0.973. The van der Waals surface area contributed by atoms with Gasteiger partial charge in [-0.15, -0.1) is 0 Å². The Morgan fingerprint density at radius 3 is 2.76 bits per heavy atom. The van der Waals surface area contributed by atoms with E-state index in [1.54, 1.807) is 28.4 Å². The van der Waals surface area contributed by atoms with Gasteiger partial charge in [-0.2, -0.15) is 0 Å². The van der Waals surface area contributed by atoms with Crippen molar-refractivity contribution in [2.45, 2.75) is 6.92 Å². The van der Waals surface area contributed by atoms with Crippen molar-refractivity contribution in [2.24, 2.45) is 7.05 Å². The number of aromatic nitrogens is 3. The standard InChI is InChI=1S/C15H15N3O3/c1-3-21-13-7-5-4-6-10(13)11-8-18-9-12(14(19)20)17(2)15(18)16-11/h4-9H,3H2,1-2H3,(H,19,20). The number of carboxylic acid groups (broad SMARTS) is 1. The monoisotopic (exact) mass is 285 g/mol. The lowest BCUT2D eigenvalue weighted by Gasteiger charge is -2.07. The van der Waals surface area contributed by atoms with Crippen LogP contribution in [-0.4, -0.2) is 31.6 Å². The molecule has 0 atom stereocenters. The van der Waals surface area contributed by atoms with Gasteiger partial charge in [-0.1, -0.05) is 12.1 Å².